The van der Waals surface area contributed by atoms with Crippen LogP contribution in [0.2, 0.25) is 0 Å². The first-order chi connectivity index (χ1) is 13.2. The number of carbonyl (C=O) groups is 3. The van der Waals surface area contributed by atoms with Gasteiger partial charge >= 0.3 is 30.3 Å². The van der Waals surface area contributed by atoms with Gasteiger partial charge in [0.15, 0.2) is 0 Å². The molecule has 1 aliphatic heterocycles. The maximum atomic E-state index is 13.5. The Balaban J connectivity index is 1.74. The lowest BCUT2D eigenvalue weighted by atomic mass is 9.78. The first-order valence-corrected chi connectivity index (χ1v) is 8.93. The van der Waals surface area contributed by atoms with Gasteiger partial charge in [-0.3, -0.25) is 9.59 Å². The number of hydrogen-bond acceptors (Lipinski definition) is 6. The molecule has 2 aliphatic carbocycles. The molecule has 0 aromatic carbocycles. The minimum Gasteiger partial charge on any atom is -0.458 e. The van der Waals surface area contributed by atoms with E-state index in [1.165, 1.54) is 13.8 Å². The monoisotopic (exact) mass is 432 g/mol. The molecule has 3 rings (SSSR count). The number of ether oxygens (including phenoxy) is 3. The number of halogens is 6. The van der Waals surface area contributed by atoms with Crippen molar-refractivity contribution in [2.75, 3.05) is 6.61 Å². The molecule has 0 N–H and O–H groups in total. The lowest BCUT2D eigenvalue weighted by Crippen LogP contribution is -2.48. The highest BCUT2D eigenvalue weighted by molar-refractivity contribution is 5.80. The second-order valence-electron chi connectivity index (χ2n) is 7.92. The maximum absolute atomic E-state index is 13.5. The van der Waals surface area contributed by atoms with Crippen molar-refractivity contribution in [3.05, 3.63) is 0 Å². The van der Waals surface area contributed by atoms with E-state index < -0.39 is 78.2 Å². The molecule has 12 heteroatoms. The Bertz CT molecular complexity index is 718. The van der Waals surface area contributed by atoms with Crippen LogP contribution in [0.25, 0.3) is 0 Å². The van der Waals surface area contributed by atoms with Gasteiger partial charge in [-0.05, 0) is 19.8 Å². The topological polar surface area (TPSA) is 78.9 Å². The van der Waals surface area contributed by atoms with Gasteiger partial charge in [-0.15, -0.1) is 0 Å². The van der Waals surface area contributed by atoms with Gasteiger partial charge in [0.05, 0.1) is 17.3 Å². The van der Waals surface area contributed by atoms with Gasteiger partial charge in [0.2, 0.25) is 0 Å². The van der Waals surface area contributed by atoms with Crippen LogP contribution in [0.3, 0.4) is 0 Å². The van der Waals surface area contributed by atoms with E-state index in [0.717, 1.165) is 0 Å². The van der Waals surface area contributed by atoms with Crippen molar-refractivity contribution >= 4 is 17.9 Å². The van der Waals surface area contributed by atoms with E-state index in [-0.39, 0.29) is 12.8 Å². The number of fused-ring (bicyclic) bond motifs is 1. The molecule has 1 saturated heterocycles. The SMILES string of the molecule is CCC(C)(COC(=O)C(F)(F)F)C(=O)OC1C2CC3C1OC(=O)C3C2C(F)(F)F. The molecule has 2 bridgehead atoms. The van der Waals surface area contributed by atoms with Crippen molar-refractivity contribution < 1.29 is 54.9 Å². The molecule has 0 spiro atoms. The molecule has 2 saturated carbocycles. The van der Waals surface area contributed by atoms with Crippen LogP contribution in [-0.2, 0) is 28.6 Å². The summed E-state index contributed by atoms with van der Waals surface area (Å²) < 4.78 is 91.7. The molecular formula is C17H18F6O6. The van der Waals surface area contributed by atoms with Crippen LogP contribution < -0.4 is 0 Å². The fourth-order valence-electron chi connectivity index (χ4n) is 4.47. The van der Waals surface area contributed by atoms with Gasteiger partial charge in [-0.1, -0.05) is 6.92 Å². The first kappa shape index (κ1) is 21.7. The van der Waals surface area contributed by atoms with Crippen LogP contribution >= 0.6 is 0 Å². The molecule has 0 amide bonds. The van der Waals surface area contributed by atoms with Crippen molar-refractivity contribution in [2.45, 2.75) is 51.2 Å². The summed E-state index contributed by atoms with van der Waals surface area (Å²) in [4.78, 5) is 35.4. The van der Waals surface area contributed by atoms with Crippen molar-refractivity contribution in [1.29, 1.82) is 0 Å². The predicted octanol–water partition coefficient (Wildman–Crippen LogP) is 2.79. The standard InChI is InChI=1S/C17H18F6O6/c1-3-15(2,5-27-14(26)17(21,22)23)13(25)29-11-7-4-6-8(9(7)16(18,19)20)12(24)28-10(6)11/h6-11H,3-5H2,1-2H3. The summed E-state index contributed by atoms with van der Waals surface area (Å²) in [5.74, 6) is -9.84. The van der Waals surface area contributed by atoms with Crippen LogP contribution in [0, 0.1) is 29.1 Å². The fourth-order valence-corrected chi connectivity index (χ4v) is 4.47. The summed E-state index contributed by atoms with van der Waals surface area (Å²) in [5, 5.41) is 0. The number of alkyl halides is 6. The highest BCUT2D eigenvalue weighted by atomic mass is 19.4. The van der Waals surface area contributed by atoms with E-state index in [1.807, 2.05) is 0 Å². The maximum Gasteiger partial charge on any atom is 0.490 e. The van der Waals surface area contributed by atoms with Crippen LogP contribution in [0.1, 0.15) is 26.7 Å². The average Bonchev–Trinajstić information content (AvgIpc) is 3.21. The van der Waals surface area contributed by atoms with Crippen LogP contribution in [0.15, 0.2) is 0 Å². The van der Waals surface area contributed by atoms with E-state index in [9.17, 15) is 40.7 Å². The van der Waals surface area contributed by atoms with Crippen LogP contribution in [-0.4, -0.2) is 49.1 Å². The zero-order valence-electron chi connectivity index (χ0n) is 15.3. The van der Waals surface area contributed by atoms with Crippen LogP contribution in [0.5, 0.6) is 0 Å². The molecule has 6 nitrogen and oxygen atoms in total. The quantitative estimate of drug-likeness (QED) is 0.378. The van der Waals surface area contributed by atoms with Crippen molar-refractivity contribution in [3.8, 4) is 0 Å². The summed E-state index contributed by atoms with van der Waals surface area (Å²) >= 11 is 0. The van der Waals surface area contributed by atoms with Crippen molar-refractivity contribution in [2.24, 2.45) is 29.1 Å². The lowest BCUT2D eigenvalue weighted by Gasteiger charge is -2.35. The molecule has 1 heterocycles. The minimum atomic E-state index is -5.25. The Kier molecular flexibility index (Phi) is 5.06. The summed E-state index contributed by atoms with van der Waals surface area (Å²) in [6.45, 7) is 1.64. The molecular weight excluding hydrogens is 414 g/mol. The Morgan fingerprint density at radius 1 is 1.10 bits per heavy atom. The summed E-state index contributed by atoms with van der Waals surface area (Å²) in [5.41, 5.74) is -1.71. The third-order valence-electron chi connectivity index (χ3n) is 6.19. The van der Waals surface area contributed by atoms with E-state index in [4.69, 9.17) is 9.47 Å². The van der Waals surface area contributed by atoms with Gasteiger partial charge in [-0.2, -0.15) is 26.3 Å². The van der Waals surface area contributed by atoms with Crippen molar-refractivity contribution in [1.82, 2.24) is 0 Å². The number of carbonyl (C=O) groups excluding carboxylic acids is 3. The summed E-state index contributed by atoms with van der Waals surface area (Å²) in [6, 6.07) is 0. The Hall–Kier alpha value is -2.01. The van der Waals surface area contributed by atoms with E-state index in [2.05, 4.69) is 4.74 Å². The fraction of sp³-hybridized carbons (Fsp3) is 0.824. The average molecular weight is 432 g/mol. The van der Waals surface area contributed by atoms with E-state index in [0.29, 0.717) is 0 Å². The van der Waals surface area contributed by atoms with Crippen molar-refractivity contribution in [3.63, 3.8) is 0 Å². The van der Waals surface area contributed by atoms with Gasteiger partial charge in [0.1, 0.15) is 18.8 Å². The molecule has 0 aromatic heterocycles. The molecule has 0 radical (unpaired) electrons. The molecule has 3 aliphatic rings. The smallest absolute Gasteiger partial charge is 0.458 e. The molecule has 3 fully saturated rings. The predicted molar refractivity (Wildman–Crippen MR) is 79.8 cm³/mol. The molecule has 29 heavy (non-hydrogen) atoms. The lowest BCUT2D eigenvalue weighted by molar-refractivity contribution is -0.216. The van der Waals surface area contributed by atoms with E-state index >= 15 is 0 Å². The number of esters is 3. The largest absolute Gasteiger partial charge is 0.490 e. The van der Waals surface area contributed by atoms with Gasteiger partial charge in [0.25, 0.3) is 0 Å². The van der Waals surface area contributed by atoms with Gasteiger partial charge in [0, 0.05) is 11.8 Å². The zero-order chi connectivity index (χ0) is 21.9. The third-order valence-corrected chi connectivity index (χ3v) is 6.19. The van der Waals surface area contributed by atoms with Crippen LogP contribution in [0.4, 0.5) is 26.3 Å². The molecule has 0 aromatic rings. The third kappa shape index (κ3) is 3.54. The Morgan fingerprint density at radius 3 is 2.24 bits per heavy atom. The number of hydrogen-bond donors (Lipinski definition) is 0. The second-order valence-corrected chi connectivity index (χ2v) is 7.92. The van der Waals surface area contributed by atoms with Gasteiger partial charge in [-0.25, -0.2) is 4.79 Å². The van der Waals surface area contributed by atoms with Gasteiger partial charge < -0.3 is 14.2 Å². The molecule has 7 unspecified atom stereocenters. The molecule has 164 valence electrons. The summed E-state index contributed by atoms with van der Waals surface area (Å²) in [7, 11) is 0. The highest BCUT2D eigenvalue weighted by Crippen LogP contribution is 2.62. The first-order valence-electron chi connectivity index (χ1n) is 8.93. The zero-order valence-corrected chi connectivity index (χ0v) is 15.3. The second kappa shape index (κ2) is 6.76. The molecule has 7 atom stereocenters. The Labute approximate surface area is 160 Å². The Morgan fingerprint density at radius 2 is 1.72 bits per heavy atom. The minimum absolute atomic E-state index is 0.00487. The van der Waals surface area contributed by atoms with E-state index in [1.54, 1.807) is 0 Å². The highest BCUT2D eigenvalue weighted by Gasteiger charge is 2.73. The summed E-state index contributed by atoms with van der Waals surface area (Å²) in [6.07, 6.45) is -12.4. The normalized spacial score (nSPS) is 35.2. The number of rotatable bonds is 5.